The number of aliphatic carboxylic acids is 1. The second-order valence-electron chi connectivity index (χ2n) is 5.45. The van der Waals surface area contributed by atoms with Crippen molar-refractivity contribution in [3.05, 3.63) is 0 Å². The average Bonchev–Trinajstić information content (AvgIpc) is 2.76. The van der Waals surface area contributed by atoms with E-state index in [1.54, 1.807) is 11.8 Å². The van der Waals surface area contributed by atoms with Gasteiger partial charge in [0.15, 0.2) is 9.84 Å². The Morgan fingerprint density at radius 2 is 2.32 bits per heavy atom. The summed E-state index contributed by atoms with van der Waals surface area (Å²) in [6.07, 6.45) is 1.59. The number of hydrogen-bond acceptors (Lipinski definition) is 5. The molecule has 0 aromatic carbocycles. The monoisotopic (exact) mass is 308 g/mol. The molecule has 7 heteroatoms. The number of ether oxygens (including phenoxy) is 1. The first-order chi connectivity index (χ1) is 8.86. The van der Waals surface area contributed by atoms with Gasteiger partial charge >= 0.3 is 5.97 Å². The summed E-state index contributed by atoms with van der Waals surface area (Å²) in [6.45, 7) is 1.96. The molecule has 110 valence electrons. The zero-order valence-corrected chi connectivity index (χ0v) is 12.6. The van der Waals surface area contributed by atoms with Crippen LogP contribution in [-0.2, 0) is 19.4 Å². The van der Waals surface area contributed by atoms with Gasteiger partial charge in [-0.25, -0.2) is 8.42 Å². The molecule has 0 bridgehead atoms. The Kier molecular flexibility index (Phi) is 4.47. The molecule has 1 N–H and O–H groups in total. The zero-order chi connectivity index (χ0) is 14.1. The van der Waals surface area contributed by atoms with Crippen molar-refractivity contribution in [3.63, 3.8) is 0 Å². The first-order valence-corrected chi connectivity index (χ1v) is 9.28. The molecule has 5 nitrogen and oxygen atoms in total. The maximum Gasteiger partial charge on any atom is 0.304 e. The van der Waals surface area contributed by atoms with Gasteiger partial charge in [-0.1, -0.05) is 0 Å². The SMILES string of the molecule is CC(CC(=O)O)S(=O)(=O)C1CCOC2(CCSC2)C1. The first-order valence-electron chi connectivity index (χ1n) is 6.52. The highest BCUT2D eigenvalue weighted by Crippen LogP contribution is 2.40. The third kappa shape index (κ3) is 3.25. The molecule has 2 aliphatic heterocycles. The maximum atomic E-state index is 12.4. The summed E-state index contributed by atoms with van der Waals surface area (Å²) in [6, 6.07) is 0. The standard InChI is InChI=1S/C12H20O5S2/c1-9(6-11(13)14)19(15,16)10-2-4-17-12(7-10)3-5-18-8-12/h9-10H,2-8H2,1H3,(H,13,14). The molecule has 2 aliphatic rings. The fourth-order valence-electron chi connectivity index (χ4n) is 2.82. The van der Waals surface area contributed by atoms with Crippen molar-refractivity contribution >= 4 is 27.6 Å². The number of rotatable bonds is 4. The topological polar surface area (TPSA) is 80.7 Å². The van der Waals surface area contributed by atoms with Gasteiger partial charge in [-0.2, -0.15) is 11.8 Å². The molecule has 2 fully saturated rings. The number of thioether (sulfide) groups is 1. The van der Waals surface area contributed by atoms with Crippen molar-refractivity contribution in [2.75, 3.05) is 18.1 Å². The fraction of sp³-hybridized carbons (Fsp3) is 0.917. The van der Waals surface area contributed by atoms with Crippen LogP contribution < -0.4 is 0 Å². The van der Waals surface area contributed by atoms with Gasteiger partial charge in [0.1, 0.15) is 0 Å². The fourth-order valence-corrected chi connectivity index (χ4v) is 6.19. The van der Waals surface area contributed by atoms with Gasteiger partial charge in [-0.05, 0) is 31.9 Å². The van der Waals surface area contributed by atoms with Crippen molar-refractivity contribution in [2.24, 2.45) is 0 Å². The molecule has 0 aromatic rings. The normalized spacial score (nSPS) is 33.4. The van der Waals surface area contributed by atoms with Crippen LogP contribution in [0, 0.1) is 0 Å². The zero-order valence-electron chi connectivity index (χ0n) is 11.0. The minimum atomic E-state index is -3.39. The summed E-state index contributed by atoms with van der Waals surface area (Å²) in [5.74, 6) is 0.804. The molecule has 1 spiro atoms. The van der Waals surface area contributed by atoms with Crippen LogP contribution in [0.1, 0.15) is 32.6 Å². The van der Waals surface area contributed by atoms with Crippen molar-refractivity contribution in [2.45, 2.75) is 48.7 Å². The second kappa shape index (κ2) is 5.61. The summed E-state index contributed by atoms with van der Waals surface area (Å²) in [5.41, 5.74) is -0.288. The molecular formula is C12H20O5S2. The van der Waals surface area contributed by atoms with Gasteiger partial charge in [0.2, 0.25) is 0 Å². The van der Waals surface area contributed by atoms with Gasteiger partial charge in [0, 0.05) is 12.4 Å². The van der Waals surface area contributed by atoms with E-state index in [2.05, 4.69) is 0 Å². The second-order valence-corrected chi connectivity index (χ2v) is 9.20. The Balaban J connectivity index is 2.09. The van der Waals surface area contributed by atoms with E-state index in [4.69, 9.17) is 9.84 Å². The molecule has 0 aliphatic carbocycles. The quantitative estimate of drug-likeness (QED) is 0.843. The Bertz CT molecular complexity index is 439. The highest BCUT2D eigenvalue weighted by molar-refractivity contribution is 7.99. The maximum absolute atomic E-state index is 12.4. The Morgan fingerprint density at radius 3 is 2.89 bits per heavy atom. The summed E-state index contributed by atoms with van der Waals surface area (Å²) in [4.78, 5) is 10.7. The van der Waals surface area contributed by atoms with Crippen molar-refractivity contribution < 1.29 is 23.1 Å². The van der Waals surface area contributed by atoms with E-state index in [-0.39, 0.29) is 12.0 Å². The highest BCUT2D eigenvalue weighted by atomic mass is 32.2. The number of carboxylic acids is 1. The summed E-state index contributed by atoms with van der Waals surface area (Å²) >= 11 is 1.80. The number of sulfone groups is 1. The van der Waals surface area contributed by atoms with Gasteiger partial charge in [0.25, 0.3) is 0 Å². The molecule has 0 amide bonds. The minimum Gasteiger partial charge on any atom is -0.481 e. The molecular weight excluding hydrogens is 288 g/mol. The van der Waals surface area contributed by atoms with Crippen LogP contribution in [0.4, 0.5) is 0 Å². The van der Waals surface area contributed by atoms with Crippen LogP contribution in [0.25, 0.3) is 0 Å². The van der Waals surface area contributed by atoms with E-state index in [1.807, 2.05) is 0 Å². The van der Waals surface area contributed by atoms with Crippen LogP contribution >= 0.6 is 11.8 Å². The highest BCUT2D eigenvalue weighted by Gasteiger charge is 2.45. The molecule has 3 unspecified atom stereocenters. The van der Waals surface area contributed by atoms with Crippen molar-refractivity contribution in [3.8, 4) is 0 Å². The van der Waals surface area contributed by atoms with Gasteiger partial charge < -0.3 is 9.84 Å². The predicted octanol–water partition coefficient (Wildman–Crippen LogP) is 1.32. The molecule has 0 radical (unpaired) electrons. The van der Waals surface area contributed by atoms with Gasteiger partial charge in [0.05, 0.1) is 22.5 Å². The lowest BCUT2D eigenvalue weighted by Gasteiger charge is -2.38. The van der Waals surface area contributed by atoms with Crippen molar-refractivity contribution in [1.82, 2.24) is 0 Å². The van der Waals surface area contributed by atoms with Crippen LogP contribution in [0.5, 0.6) is 0 Å². The van der Waals surface area contributed by atoms with Crippen LogP contribution in [0.15, 0.2) is 0 Å². The number of carbonyl (C=O) groups is 1. The molecule has 2 rings (SSSR count). The molecule has 0 saturated carbocycles. The van der Waals surface area contributed by atoms with Crippen LogP contribution in [-0.4, -0.2) is 53.7 Å². The third-order valence-corrected chi connectivity index (χ3v) is 7.85. The van der Waals surface area contributed by atoms with Crippen molar-refractivity contribution in [1.29, 1.82) is 0 Å². The Hall–Kier alpha value is -0.270. The van der Waals surface area contributed by atoms with E-state index >= 15 is 0 Å². The Labute approximate surface area is 118 Å². The van der Waals surface area contributed by atoms with E-state index in [0.717, 1.165) is 17.9 Å². The summed E-state index contributed by atoms with van der Waals surface area (Å²) in [7, 11) is -3.39. The molecule has 19 heavy (non-hydrogen) atoms. The molecule has 3 atom stereocenters. The minimum absolute atomic E-state index is 0.288. The van der Waals surface area contributed by atoms with Gasteiger partial charge in [-0.15, -0.1) is 0 Å². The Morgan fingerprint density at radius 1 is 1.58 bits per heavy atom. The largest absolute Gasteiger partial charge is 0.481 e. The number of carboxylic acid groups (broad SMARTS) is 1. The molecule has 2 heterocycles. The number of hydrogen-bond donors (Lipinski definition) is 1. The first kappa shape index (κ1) is 15.1. The van der Waals surface area contributed by atoms with E-state index in [1.165, 1.54) is 6.92 Å². The summed E-state index contributed by atoms with van der Waals surface area (Å²) in [5, 5.41) is 7.49. The molecule has 0 aromatic heterocycles. The third-order valence-electron chi connectivity index (χ3n) is 4.00. The average molecular weight is 308 g/mol. The summed E-state index contributed by atoms with van der Waals surface area (Å²) < 4.78 is 30.7. The predicted molar refractivity (Wildman–Crippen MR) is 74.3 cm³/mol. The van der Waals surface area contributed by atoms with Gasteiger partial charge in [-0.3, -0.25) is 4.79 Å². The van der Waals surface area contributed by atoms with Crippen LogP contribution in [0.2, 0.25) is 0 Å². The lowest BCUT2D eigenvalue weighted by Crippen LogP contribution is -2.46. The van der Waals surface area contributed by atoms with E-state index < -0.39 is 26.3 Å². The lowest BCUT2D eigenvalue weighted by molar-refractivity contribution is -0.136. The lowest BCUT2D eigenvalue weighted by atomic mass is 9.93. The van der Waals surface area contributed by atoms with E-state index in [9.17, 15) is 13.2 Å². The van der Waals surface area contributed by atoms with Crippen LogP contribution in [0.3, 0.4) is 0 Å². The van der Waals surface area contributed by atoms with E-state index in [0.29, 0.717) is 19.4 Å². The smallest absolute Gasteiger partial charge is 0.304 e. The molecule has 2 saturated heterocycles.